The molecule has 0 aromatic heterocycles. The Morgan fingerprint density at radius 3 is 2.74 bits per heavy atom. The molecular formula is C15H14BrClFN. The minimum absolute atomic E-state index is 0.186. The van der Waals surface area contributed by atoms with Gasteiger partial charge < -0.3 is 5.73 Å². The van der Waals surface area contributed by atoms with Crippen molar-refractivity contribution >= 4 is 27.5 Å². The van der Waals surface area contributed by atoms with Gasteiger partial charge in [0.2, 0.25) is 0 Å². The summed E-state index contributed by atoms with van der Waals surface area (Å²) < 4.78 is 13.9. The molecule has 0 heterocycles. The average molecular weight is 343 g/mol. The molecule has 0 aliphatic heterocycles. The number of hydrogen-bond acceptors (Lipinski definition) is 1. The molecule has 0 bridgehead atoms. The van der Waals surface area contributed by atoms with Gasteiger partial charge in [0.1, 0.15) is 5.82 Å². The molecule has 4 heteroatoms. The van der Waals surface area contributed by atoms with Crippen molar-refractivity contribution in [3.8, 4) is 0 Å². The Morgan fingerprint density at radius 1 is 1.32 bits per heavy atom. The van der Waals surface area contributed by atoms with Gasteiger partial charge in [0, 0.05) is 11.1 Å². The molecule has 1 atom stereocenters. The Kier molecular flexibility index (Phi) is 4.61. The van der Waals surface area contributed by atoms with Crippen molar-refractivity contribution in [2.45, 2.75) is 19.4 Å². The summed E-state index contributed by atoms with van der Waals surface area (Å²) >= 11 is 9.25. The molecule has 2 aromatic rings. The third-order valence-corrected chi connectivity index (χ3v) is 4.39. The molecule has 1 nitrogen and oxygen atoms in total. The van der Waals surface area contributed by atoms with E-state index in [0.717, 1.165) is 21.7 Å². The zero-order chi connectivity index (χ0) is 14.0. The molecule has 2 N–H and O–H groups in total. The van der Waals surface area contributed by atoms with Gasteiger partial charge in [-0.25, -0.2) is 4.39 Å². The first kappa shape index (κ1) is 14.5. The van der Waals surface area contributed by atoms with Gasteiger partial charge in [0.25, 0.3) is 0 Å². The molecule has 0 radical (unpaired) electrons. The maximum Gasteiger partial charge on any atom is 0.137 e. The summed E-state index contributed by atoms with van der Waals surface area (Å²) in [5.41, 5.74) is 9.03. The number of benzene rings is 2. The highest BCUT2D eigenvalue weighted by molar-refractivity contribution is 9.10. The van der Waals surface area contributed by atoms with E-state index in [4.69, 9.17) is 17.3 Å². The fourth-order valence-corrected chi connectivity index (χ4v) is 2.50. The molecule has 0 fully saturated rings. The molecule has 1 unspecified atom stereocenters. The minimum atomic E-state index is -0.267. The van der Waals surface area contributed by atoms with E-state index in [1.54, 1.807) is 6.07 Å². The smallest absolute Gasteiger partial charge is 0.137 e. The fraction of sp³-hybridized carbons (Fsp3) is 0.200. The molecule has 0 spiro atoms. The molecule has 0 saturated heterocycles. The van der Waals surface area contributed by atoms with Gasteiger partial charge in [-0.1, -0.05) is 35.9 Å². The molecule has 2 aromatic carbocycles. The van der Waals surface area contributed by atoms with E-state index < -0.39 is 0 Å². The van der Waals surface area contributed by atoms with E-state index in [1.807, 2.05) is 31.2 Å². The summed E-state index contributed by atoms with van der Waals surface area (Å²) in [6, 6.07) is 10.5. The van der Waals surface area contributed by atoms with Crippen LogP contribution in [0.5, 0.6) is 0 Å². The van der Waals surface area contributed by atoms with Crippen LogP contribution in [0.15, 0.2) is 40.9 Å². The van der Waals surface area contributed by atoms with Crippen molar-refractivity contribution in [3.05, 3.63) is 68.4 Å². The van der Waals surface area contributed by atoms with E-state index in [1.165, 1.54) is 6.07 Å². The van der Waals surface area contributed by atoms with Crippen molar-refractivity contribution in [1.29, 1.82) is 0 Å². The second kappa shape index (κ2) is 6.04. The predicted octanol–water partition coefficient (Wildman–Crippen LogP) is 4.79. The lowest BCUT2D eigenvalue weighted by atomic mass is 9.98. The normalized spacial score (nSPS) is 12.5. The Morgan fingerprint density at radius 2 is 2.05 bits per heavy atom. The van der Waals surface area contributed by atoms with Crippen molar-refractivity contribution in [2.24, 2.45) is 5.73 Å². The van der Waals surface area contributed by atoms with Gasteiger partial charge in [-0.2, -0.15) is 0 Å². The predicted molar refractivity (Wildman–Crippen MR) is 80.9 cm³/mol. The van der Waals surface area contributed by atoms with Crippen molar-refractivity contribution in [1.82, 2.24) is 0 Å². The molecule has 19 heavy (non-hydrogen) atoms. The standard InChI is InChI=1S/C15H14BrClFN/c1-9-7-10(5-6-12(9)17)14(19)8-11-3-2-4-13(18)15(11)16/h2-7,14H,8,19H2,1H3. The summed E-state index contributed by atoms with van der Waals surface area (Å²) in [7, 11) is 0. The summed E-state index contributed by atoms with van der Waals surface area (Å²) in [5.74, 6) is -0.267. The first-order valence-corrected chi connectivity index (χ1v) is 7.10. The lowest BCUT2D eigenvalue weighted by Gasteiger charge is -2.14. The van der Waals surface area contributed by atoms with Crippen LogP contribution in [0.2, 0.25) is 5.02 Å². The van der Waals surface area contributed by atoms with Crippen LogP contribution >= 0.6 is 27.5 Å². The summed E-state index contributed by atoms with van der Waals surface area (Å²) in [6.07, 6.45) is 0.569. The number of rotatable bonds is 3. The second-order valence-corrected chi connectivity index (χ2v) is 5.73. The Hall–Kier alpha value is -0.900. The largest absolute Gasteiger partial charge is 0.324 e. The molecule has 0 saturated carbocycles. The second-order valence-electron chi connectivity index (χ2n) is 4.53. The third kappa shape index (κ3) is 3.35. The maximum absolute atomic E-state index is 13.4. The SMILES string of the molecule is Cc1cc(C(N)Cc2cccc(F)c2Br)ccc1Cl. The van der Waals surface area contributed by atoms with Crippen LogP contribution in [0.3, 0.4) is 0 Å². The van der Waals surface area contributed by atoms with E-state index in [9.17, 15) is 4.39 Å². The zero-order valence-electron chi connectivity index (χ0n) is 10.5. The van der Waals surface area contributed by atoms with Gasteiger partial charge in [0.15, 0.2) is 0 Å². The van der Waals surface area contributed by atoms with Crippen molar-refractivity contribution in [2.75, 3.05) is 0 Å². The van der Waals surface area contributed by atoms with E-state index in [2.05, 4.69) is 15.9 Å². The number of nitrogens with two attached hydrogens (primary N) is 1. The Labute approximate surface area is 125 Å². The number of aryl methyl sites for hydroxylation is 1. The van der Waals surface area contributed by atoms with E-state index in [-0.39, 0.29) is 11.9 Å². The molecular weight excluding hydrogens is 329 g/mol. The first-order chi connectivity index (χ1) is 8.99. The topological polar surface area (TPSA) is 26.0 Å². The molecule has 0 amide bonds. The summed E-state index contributed by atoms with van der Waals surface area (Å²) in [4.78, 5) is 0. The quantitative estimate of drug-likeness (QED) is 0.852. The zero-order valence-corrected chi connectivity index (χ0v) is 12.8. The minimum Gasteiger partial charge on any atom is -0.324 e. The lowest BCUT2D eigenvalue weighted by Crippen LogP contribution is -2.14. The van der Waals surface area contributed by atoms with Gasteiger partial charge in [0.05, 0.1) is 4.47 Å². The number of halogens is 3. The van der Waals surface area contributed by atoms with Crippen LogP contribution < -0.4 is 5.73 Å². The Balaban J connectivity index is 2.23. The molecule has 0 aliphatic carbocycles. The van der Waals surface area contributed by atoms with Crippen LogP contribution in [0.25, 0.3) is 0 Å². The van der Waals surface area contributed by atoms with Gasteiger partial charge in [-0.15, -0.1) is 0 Å². The van der Waals surface area contributed by atoms with Gasteiger partial charge >= 0.3 is 0 Å². The van der Waals surface area contributed by atoms with Gasteiger partial charge in [-0.3, -0.25) is 0 Å². The van der Waals surface area contributed by atoms with Crippen LogP contribution in [0.1, 0.15) is 22.7 Å². The van der Waals surface area contributed by atoms with Crippen LogP contribution in [0, 0.1) is 12.7 Å². The molecule has 100 valence electrons. The van der Waals surface area contributed by atoms with Crippen LogP contribution in [-0.4, -0.2) is 0 Å². The fourth-order valence-electron chi connectivity index (χ4n) is 1.96. The Bertz CT molecular complexity index is 601. The lowest BCUT2D eigenvalue weighted by molar-refractivity contribution is 0.614. The highest BCUT2D eigenvalue weighted by Gasteiger charge is 2.12. The molecule has 0 aliphatic rings. The highest BCUT2D eigenvalue weighted by Crippen LogP contribution is 2.26. The van der Waals surface area contributed by atoms with Crippen LogP contribution in [-0.2, 0) is 6.42 Å². The molecule has 2 rings (SSSR count). The average Bonchev–Trinajstić information content (AvgIpc) is 2.38. The van der Waals surface area contributed by atoms with Crippen LogP contribution in [0.4, 0.5) is 4.39 Å². The monoisotopic (exact) mass is 341 g/mol. The maximum atomic E-state index is 13.4. The van der Waals surface area contributed by atoms with Gasteiger partial charge in [-0.05, 0) is 58.1 Å². The summed E-state index contributed by atoms with van der Waals surface area (Å²) in [5, 5.41) is 0.725. The van der Waals surface area contributed by atoms with Crippen molar-refractivity contribution in [3.63, 3.8) is 0 Å². The summed E-state index contributed by atoms with van der Waals surface area (Å²) in [6.45, 7) is 1.94. The first-order valence-electron chi connectivity index (χ1n) is 5.93. The van der Waals surface area contributed by atoms with Crippen molar-refractivity contribution < 1.29 is 4.39 Å². The highest BCUT2D eigenvalue weighted by atomic mass is 79.9. The van der Waals surface area contributed by atoms with E-state index in [0.29, 0.717) is 10.9 Å². The number of hydrogen-bond donors (Lipinski definition) is 1. The van der Waals surface area contributed by atoms with E-state index >= 15 is 0 Å². The third-order valence-electron chi connectivity index (χ3n) is 3.08.